The number of amides is 2. The number of carbonyl (C=O) groups is 2. The molecule has 0 saturated carbocycles. The van der Waals surface area contributed by atoms with Crippen molar-refractivity contribution in [3.8, 4) is 0 Å². The number of hydrogen-bond donors (Lipinski definition) is 1. The van der Waals surface area contributed by atoms with Crippen LogP contribution in [0.1, 0.15) is 47.1 Å². The zero-order valence-electron chi connectivity index (χ0n) is 17.7. The molecule has 1 fully saturated rings. The lowest BCUT2D eigenvalue weighted by molar-refractivity contribution is 0.0535. The lowest BCUT2D eigenvalue weighted by Crippen LogP contribution is -2.50. The average molecular weight is 395 g/mol. The summed E-state index contributed by atoms with van der Waals surface area (Å²) >= 11 is 0. The van der Waals surface area contributed by atoms with E-state index >= 15 is 0 Å². The molecular formula is C23H30N4O2. The number of piperazine rings is 1. The number of pyridine rings is 1. The second-order valence-electron chi connectivity index (χ2n) is 8.71. The minimum absolute atomic E-state index is 0.0101. The maximum Gasteiger partial charge on any atom is 0.254 e. The molecule has 3 rings (SSSR count). The SMILES string of the molecule is Cc1c(NCC(C)(C)C)cccc1C(=O)N1CCN(C(=O)c2ccncc2)CC1. The molecule has 6 nitrogen and oxygen atoms in total. The van der Waals surface area contributed by atoms with Crippen LogP contribution in [0.4, 0.5) is 5.69 Å². The first-order valence-electron chi connectivity index (χ1n) is 10.1. The molecule has 2 heterocycles. The summed E-state index contributed by atoms with van der Waals surface area (Å²) in [4.78, 5) is 33.3. The van der Waals surface area contributed by atoms with Gasteiger partial charge in [0.05, 0.1) is 0 Å². The van der Waals surface area contributed by atoms with Crippen molar-refractivity contribution >= 4 is 17.5 Å². The molecule has 1 aliphatic rings. The van der Waals surface area contributed by atoms with Crippen molar-refractivity contribution in [3.05, 3.63) is 59.4 Å². The molecule has 0 radical (unpaired) electrons. The van der Waals surface area contributed by atoms with Crippen LogP contribution in [0.2, 0.25) is 0 Å². The Balaban J connectivity index is 1.64. The molecule has 154 valence electrons. The van der Waals surface area contributed by atoms with E-state index in [-0.39, 0.29) is 17.2 Å². The molecule has 0 unspecified atom stereocenters. The molecule has 2 aromatic rings. The third-order valence-corrected chi connectivity index (χ3v) is 5.15. The summed E-state index contributed by atoms with van der Waals surface area (Å²) in [6.45, 7) is 11.5. The monoisotopic (exact) mass is 394 g/mol. The number of carbonyl (C=O) groups excluding carboxylic acids is 2. The highest BCUT2D eigenvalue weighted by atomic mass is 16.2. The highest BCUT2D eigenvalue weighted by Crippen LogP contribution is 2.23. The van der Waals surface area contributed by atoms with Crippen molar-refractivity contribution in [2.75, 3.05) is 38.0 Å². The lowest BCUT2D eigenvalue weighted by Gasteiger charge is -2.35. The molecule has 6 heteroatoms. The Bertz CT molecular complexity index is 866. The summed E-state index contributed by atoms with van der Waals surface area (Å²) in [5, 5.41) is 3.46. The predicted molar refractivity (Wildman–Crippen MR) is 115 cm³/mol. The summed E-state index contributed by atoms with van der Waals surface area (Å²) < 4.78 is 0. The zero-order chi connectivity index (χ0) is 21.0. The number of benzene rings is 1. The lowest BCUT2D eigenvalue weighted by atomic mass is 9.96. The third-order valence-electron chi connectivity index (χ3n) is 5.15. The fourth-order valence-corrected chi connectivity index (χ4v) is 3.38. The zero-order valence-corrected chi connectivity index (χ0v) is 17.7. The Hall–Kier alpha value is -2.89. The molecule has 1 aromatic heterocycles. The van der Waals surface area contributed by atoms with Crippen molar-refractivity contribution in [2.24, 2.45) is 5.41 Å². The minimum atomic E-state index is -0.0101. The van der Waals surface area contributed by atoms with E-state index < -0.39 is 0 Å². The normalized spacial score (nSPS) is 14.6. The van der Waals surface area contributed by atoms with Gasteiger partial charge in [0.25, 0.3) is 11.8 Å². The quantitative estimate of drug-likeness (QED) is 0.863. The Morgan fingerprint density at radius 2 is 1.55 bits per heavy atom. The molecule has 1 aliphatic heterocycles. The van der Waals surface area contributed by atoms with Gasteiger partial charge in [-0.05, 0) is 42.2 Å². The van der Waals surface area contributed by atoms with Crippen molar-refractivity contribution in [1.29, 1.82) is 0 Å². The van der Waals surface area contributed by atoms with Crippen LogP contribution in [-0.4, -0.2) is 59.3 Å². The van der Waals surface area contributed by atoms with Crippen molar-refractivity contribution in [3.63, 3.8) is 0 Å². The molecule has 2 amide bonds. The van der Waals surface area contributed by atoms with E-state index in [1.807, 2.05) is 30.0 Å². The maximum absolute atomic E-state index is 13.1. The highest BCUT2D eigenvalue weighted by molar-refractivity contribution is 5.97. The van der Waals surface area contributed by atoms with Gasteiger partial charge in [-0.2, -0.15) is 0 Å². The Kier molecular flexibility index (Phi) is 6.20. The number of nitrogens with one attached hydrogen (secondary N) is 1. The van der Waals surface area contributed by atoms with Crippen LogP contribution in [0.3, 0.4) is 0 Å². The molecule has 1 aromatic carbocycles. The number of aromatic nitrogens is 1. The summed E-state index contributed by atoms with van der Waals surface area (Å²) in [6, 6.07) is 9.27. The first kappa shape index (κ1) is 20.8. The topological polar surface area (TPSA) is 65.5 Å². The Labute approximate surface area is 172 Å². The summed E-state index contributed by atoms with van der Waals surface area (Å²) in [6.07, 6.45) is 3.24. The molecule has 1 saturated heterocycles. The fraction of sp³-hybridized carbons (Fsp3) is 0.435. The first-order valence-corrected chi connectivity index (χ1v) is 10.1. The van der Waals surface area contributed by atoms with Gasteiger partial charge >= 0.3 is 0 Å². The third kappa shape index (κ3) is 5.13. The smallest absolute Gasteiger partial charge is 0.254 e. The van der Waals surface area contributed by atoms with Gasteiger partial charge in [0, 0.05) is 61.9 Å². The Morgan fingerprint density at radius 3 is 2.14 bits per heavy atom. The van der Waals surface area contributed by atoms with Gasteiger partial charge in [0.15, 0.2) is 0 Å². The summed E-state index contributed by atoms with van der Waals surface area (Å²) in [7, 11) is 0. The molecule has 0 atom stereocenters. The van der Waals surface area contributed by atoms with Crippen molar-refractivity contribution in [2.45, 2.75) is 27.7 Å². The number of hydrogen-bond acceptors (Lipinski definition) is 4. The molecule has 1 N–H and O–H groups in total. The Morgan fingerprint density at radius 1 is 0.966 bits per heavy atom. The molecule has 0 spiro atoms. The average Bonchev–Trinajstić information content (AvgIpc) is 2.72. The summed E-state index contributed by atoms with van der Waals surface area (Å²) in [5.41, 5.74) is 3.48. The van der Waals surface area contributed by atoms with E-state index in [0.717, 1.165) is 23.4 Å². The molecular weight excluding hydrogens is 364 g/mol. The van der Waals surface area contributed by atoms with Gasteiger partial charge < -0.3 is 15.1 Å². The van der Waals surface area contributed by atoms with Crippen LogP contribution >= 0.6 is 0 Å². The maximum atomic E-state index is 13.1. The second-order valence-corrected chi connectivity index (χ2v) is 8.71. The van der Waals surface area contributed by atoms with Crippen LogP contribution in [0.15, 0.2) is 42.7 Å². The standard InChI is InChI=1S/C23H30N4O2/c1-17-19(6-5-7-20(17)25-16-23(2,3)4)22(29)27-14-12-26(13-15-27)21(28)18-8-10-24-11-9-18/h5-11,25H,12-16H2,1-4H3. The minimum Gasteiger partial charge on any atom is -0.384 e. The van der Waals surface area contributed by atoms with Gasteiger partial charge in [-0.1, -0.05) is 26.8 Å². The van der Waals surface area contributed by atoms with Crippen LogP contribution < -0.4 is 5.32 Å². The molecule has 29 heavy (non-hydrogen) atoms. The highest BCUT2D eigenvalue weighted by Gasteiger charge is 2.26. The molecule has 0 aliphatic carbocycles. The van der Waals surface area contributed by atoms with Gasteiger partial charge in [-0.15, -0.1) is 0 Å². The first-order chi connectivity index (χ1) is 13.8. The van der Waals surface area contributed by atoms with E-state index in [2.05, 4.69) is 31.1 Å². The van der Waals surface area contributed by atoms with E-state index in [9.17, 15) is 9.59 Å². The van der Waals surface area contributed by atoms with E-state index in [1.165, 1.54) is 0 Å². The van der Waals surface area contributed by atoms with Gasteiger partial charge in [-0.25, -0.2) is 0 Å². The van der Waals surface area contributed by atoms with Gasteiger partial charge in [0.1, 0.15) is 0 Å². The second kappa shape index (κ2) is 8.64. The number of nitrogens with zero attached hydrogens (tertiary/aromatic N) is 3. The predicted octanol–water partition coefficient (Wildman–Crippen LogP) is 3.45. The van der Waals surface area contributed by atoms with E-state index in [4.69, 9.17) is 0 Å². The van der Waals surface area contributed by atoms with Crippen molar-refractivity contribution < 1.29 is 9.59 Å². The van der Waals surface area contributed by atoms with Gasteiger partial charge in [0.2, 0.25) is 0 Å². The largest absolute Gasteiger partial charge is 0.384 e. The number of anilines is 1. The van der Waals surface area contributed by atoms with Crippen molar-refractivity contribution in [1.82, 2.24) is 14.8 Å². The molecule has 0 bridgehead atoms. The van der Waals surface area contributed by atoms with E-state index in [1.54, 1.807) is 29.4 Å². The van der Waals surface area contributed by atoms with Crippen LogP contribution in [0, 0.1) is 12.3 Å². The van der Waals surface area contributed by atoms with Crippen LogP contribution in [-0.2, 0) is 0 Å². The van der Waals surface area contributed by atoms with Crippen LogP contribution in [0.25, 0.3) is 0 Å². The van der Waals surface area contributed by atoms with Gasteiger partial charge in [-0.3, -0.25) is 14.6 Å². The summed E-state index contributed by atoms with van der Waals surface area (Å²) in [5.74, 6) is 0.0157. The van der Waals surface area contributed by atoms with E-state index in [0.29, 0.717) is 31.7 Å². The fourth-order valence-electron chi connectivity index (χ4n) is 3.38. The van der Waals surface area contributed by atoms with Crippen LogP contribution in [0.5, 0.6) is 0 Å². The number of rotatable bonds is 4.